The van der Waals surface area contributed by atoms with Gasteiger partial charge < -0.3 is 25.0 Å². The molecule has 0 spiro atoms. The lowest BCUT2D eigenvalue weighted by Crippen LogP contribution is -2.47. The van der Waals surface area contributed by atoms with Gasteiger partial charge in [-0.1, -0.05) is 48.5 Å². The van der Waals surface area contributed by atoms with Gasteiger partial charge in [0.25, 0.3) is 11.5 Å². The summed E-state index contributed by atoms with van der Waals surface area (Å²) < 4.78 is 8.29. The molecule has 1 fully saturated rings. The molecule has 12 heteroatoms. The fourth-order valence-corrected chi connectivity index (χ4v) is 5.88. The molecule has 4 aromatic rings. The minimum absolute atomic E-state index is 0.0846. The first-order chi connectivity index (χ1) is 22.5. The number of aliphatic hydroxyl groups excluding tert-OH is 1. The number of hydrogen-bond donors (Lipinski definition) is 4. The van der Waals surface area contributed by atoms with Crippen LogP contribution in [0.3, 0.4) is 0 Å². The number of nitrogens with one attached hydrogen (secondary N) is 3. The molecule has 0 bridgehead atoms. The van der Waals surface area contributed by atoms with Crippen molar-refractivity contribution in [1.29, 1.82) is 0 Å². The summed E-state index contributed by atoms with van der Waals surface area (Å²) in [4.78, 5) is 42.2. The van der Waals surface area contributed by atoms with E-state index in [1.54, 1.807) is 38.9 Å². The summed E-state index contributed by atoms with van der Waals surface area (Å²) in [5.41, 5.74) is 2.04. The molecule has 2 aromatic heterocycles. The molecule has 2 atom stereocenters. The quantitative estimate of drug-likeness (QED) is 0.197. The first-order valence-corrected chi connectivity index (χ1v) is 15.6. The van der Waals surface area contributed by atoms with Crippen LogP contribution in [0.15, 0.2) is 77.7 Å². The number of amides is 3. The number of aliphatic hydroxyl groups is 1. The lowest BCUT2D eigenvalue weighted by Gasteiger charge is -2.23. The number of methoxy groups -OCH3 is 1. The second-order valence-corrected chi connectivity index (χ2v) is 12.6. The first kappa shape index (κ1) is 33.6. The van der Waals surface area contributed by atoms with Gasteiger partial charge in [-0.25, -0.2) is 9.48 Å². The number of para-hydroxylation sites is 1. The lowest BCUT2D eigenvalue weighted by molar-refractivity contribution is 0.0867. The molecule has 3 amide bonds. The van der Waals surface area contributed by atoms with E-state index < -0.39 is 17.0 Å². The highest BCUT2D eigenvalue weighted by Crippen LogP contribution is 2.31. The topological polar surface area (TPSA) is 143 Å². The number of ether oxygens (including phenoxy) is 1. The van der Waals surface area contributed by atoms with Crippen LogP contribution in [0, 0.1) is 6.92 Å². The number of urea groups is 1. The van der Waals surface area contributed by atoms with Crippen molar-refractivity contribution >= 4 is 17.8 Å². The molecule has 1 aliphatic heterocycles. The number of aryl methyl sites for hydroxylation is 1. The third-order valence-corrected chi connectivity index (χ3v) is 8.45. The molecule has 0 saturated carbocycles. The molecule has 2 aromatic carbocycles. The van der Waals surface area contributed by atoms with Gasteiger partial charge in [-0.3, -0.25) is 19.8 Å². The summed E-state index contributed by atoms with van der Waals surface area (Å²) in [5.74, 6) is -0.0515. The molecule has 0 aliphatic carbocycles. The number of carbonyl (C=O) groups excluding carboxylic acids is 2. The normalized spacial score (nSPS) is 16.6. The van der Waals surface area contributed by atoms with Crippen molar-refractivity contribution in [2.24, 2.45) is 7.05 Å². The Bertz CT molecular complexity index is 1770. The number of likely N-dealkylation sites (tertiary alicyclic amines) is 1. The van der Waals surface area contributed by atoms with Crippen LogP contribution < -0.4 is 21.5 Å². The Kier molecular flexibility index (Phi) is 10.2. The Balaban J connectivity index is 1.48. The van der Waals surface area contributed by atoms with Gasteiger partial charge in [0.2, 0.25) is 0 Å². The predicted molar refractivity (Wildman–Crippen MR) is 181 cm³/mol. The molecule has 0 unspecified atom stereocenters. The summed E-state index contributed by atoms with van der Waals surface area (Å²) in [7, 11) is 3.25. The maximum absolute atomic E-state index is 13.7. The van der Waals surface area contributed by atoms with Crippen LogP contribution in [0.1, 0.15) is 41.3 Å². The number of aromatic nitrogens is 3. The largest absolute Gasteiger partial charge is 0.394 e. The number of carbonyl (C=O) groups is 2. The van der Waals surface area contributed by atoms with Crippen LogP contribution in [0.5, 0.6) is 0 Å². The third kappa shape index (κ3) is 7.62. The third-order valence-electron chi connectivity index (χ3n) is 8.45. The number of hydrogen-bond acceptors (Lipinski definition) is 7. The van der Waals surface area contributed by atoms with E-state index in [0.29, 0.717) is 35.8 Å². The Morgan fingerprint density at radius 1 is 1.06 bits per heavy atom. The van der Waals surface area contributed by atoms with Crippen molar-refractivity contribution < 1.29 is 19.4 Å². The van der Waals surface area contributed by atoms with Crippen molar-refractivity contribution in [1.82, 2.24) is 29.9 Å². The van der Waals surface area contributed by atoms with Crippen LogP contribution in [-0.4, -0.2) is 87.8 Å². The average Bonchev–Trinajstić information content (AvgIpc) is 3.61. The Hall–Kier alpha value is -4.78. The monoisotopic (exact) mass is 641 g/mol. The SMILES string of the molecule is COCCN1C[C@@H](NC(=O)Nc2c(C)c(-c3cc(C(=O)NC(C)(C)CO)c(=O)n(C)c3)nn2-c2ccccc2)[C@H](c2ccccc2)C1. The van der Waals surface area contributed by atoms with Gasteiger partial charge in [0, 0.05) is 57.0 Å². The molecule has 47 heavy (non-hydrogen) atoms. The second-order valence-electron chi connectivity index (χ2n) is 12.6. The Morgan fingerprint density at radius 2 is 1.74 bits per heavy atom. The number of rotatable bonds is 11. The van der Waals surface area contributed by atoms with Gasteiger partial charge in [-0.05, 0) is 44.5 Å². The lowest BCUT2D eigenvalue weighted by atomic mass is 9.94. The summed E-state index contributed by atoms with van der Waals surface area (Å²) >= 11 is 0. The van der Waals surface area contributed by atoms with Gasteiger partial charge in [0.05, 0.1) is 36.2 Å². The molecule has 5 rings (SSSR count). The Labute approximate surface area is 274 Å². The molecule has 1 aliphatic rings. The zero-order chi connectivity index (χ0) is 33.7. The van der Waals surface area contributed by atoms with E-state index in [-0.39, 0.29) is 30.2 Å². The van der Waals surface area contributed by atoms with Gasteiger partial charge in [0.1, 0.15) is 11.4 Å². The zero-order valence-corrected chi connectivity index (χ0v) is 27.5. The molecule has 4 N–H and O–H groups in total. The highest BCUT2D eigenvalue weighted by atomic mass is 16.5. The van der Waals surface area contributed by atoms with E-state index in [4.69, 9.17) is 9.84 Å². The maximum atomic E-state index is 13.7. The van der Waals surface area contributed by atoms with Crippen LogP contribution in [0.25, 0.3) is 16.9 Å². The van der Waals surface area contributed by atoms with Crippen molar-refractivity contribution in [3.05, 3.63) is 100.0 Å². The molecule has 248 valence electrons. The molecule has 12 nitrogen and oxygen atoms in total. The second kappa shape index (κ2) is 14.3. The van der Waals surface area contributed by atoms with Crippen molar-refractivity contribution in [3.8, 4) is 16.9 Å². The van der Waals surface area contributed by atoms with E-state index in [1.807, 2.05) is 55.5 Å². The van der Waals surface area contributed by atoms with Gasteiger partial charge >= 0.3 is 6.03 Å². The maximum Gasteiger partial charge on any atom is 0.320 e. The van der Waals surface area contributed by atoms with Crippen molar-refractivity contribution in [2.75, 3.05) is 45.3 Å². The minimum atomic E-state index is -0.924. The number of pyridine rings is 1. The molecule has 0 radical (unpaired) electrons. The Morgan fingerprint density at radius 3 is 2.40 bits per heavy atom. The van der Waals surface area contributed by atoms with E-state index in [9.17, 15) is 19.5 Å². The smallest absolute Gasteiger partial charge is 0.320 e. The van der Waals surface area contributed by atoms with Gasteiger partial charge in [-0.15, -0.1) is 0 Å². The molecule has 1 saturated heterocycles. The summed E-state index contributed by atoms with van der Waals surface area (Å²) in [6.45, 7) is 7.71. The average molecular weight is 642 g/mol. The summed E-state index contributed by atoms with van der Waals surface area (Å²) in [5, 5.41) is 23.5. The first-order valence-electron chi connectivity index (χ1n) is 15.6. The van der Waals surface area contributed by atoms with Crippen LogP contribution in [0.4, 0.5) is 10.6 Å². The van der Waals surface area contributed by atoms with E-state index in [1.165, 1.54) is 10.6 Å². The number of nitrogens with zero attached hydrogens (tertiary/aromatic N) is 4. The van der Waals surface area contributed by atoms with E-state index in [2.05, 4.69) is 33.0 Å². The summed E-state index contributed by atoms with van der Waals surface area (Å²) in [6.07, 6.45) is 1.61. The molecular formula is C35H43N7O5. The van der Waals surface area contributed by atoms with Crippen molar-refractivity contribution in [2.45, 2.75) is 38.3 Å². The number of anilines is 1. The molecule has 3 heterocycles. The zero-order valence-electron chi connectivity index (χ0n) is 27.5. The fraction of sp³-hybridized carbons (Fsp3) is 0.371. The standard InChI is InChI=1S/C35H43N7O5/c1-23-30(25-18-27(33(45)40(4)19-25)32(44)38-35(2,3)22-43)39-42(26-14-10-7-11-15-26)31(23)37-34(46)36-29-21-41(16-17-47-5)20-28(29)24-12-8-6-9-13-24/h6-15,18-19,28-29,43H,16-17,20-22H2,1-5H3,(H,38,44)(H2,36,37,46)/t28-,29+/m0/s1. The van der Waals surface area contributed by atoms with Crippen molar-refractivity contribution in [3.63, 3.8) is 0 Å². The van der Waals surface area contributed by atoms with Crippen LogP contribution >= 0.6 is 0 Å². The van der Waals surface area contributed by atoms with Gasteiger partial charge in [-0.2, -0.15) is 5.10 Å². The minimum Gasteiger partial charge on any atom is -0.394 e. The van der Waals surface area contributed by atoms with Crippen LogP contribution in [0.2, 0.25) is 0 Å². The highest BCUT2D eigenvalue weighted by molar-refractivity contribution is 5.96. The summed E-state index contributed by atoms with van der Waals surface area (Å²) in [6, 6.07) is 20.6. The molecular weight excluding hydrogens is 598 g/mol. The fourth-order valence-electron chi connectivity index (χ4n) is 5.88. The van der Waals surface area contributed by atoms with E-state index in [0.717, 1.165) is 24.3 Å². The van der Waals surface area contributed by atoms with Crippen LogP contribution in [-0.2, 0) is 11.8 Å². The number of benzene rings is 2. The highest BCUT2D eigenvalue weighted by Gasteiger charge is 2.35. The van der Waals surface area contributed by atoms with E-state index >= 15 is 0 Å². The van der Waals surface area contributed by atoms with Gasteiger partial charge in [0.15, 0.2) is 0 Å². The predicted octanol–water partition coefficient (Wildman–Crippen LogP) is 3.28.